The van der Waals surface area contributed by atoms with Gasteiger partial charge in [-0.2, -0.15) is 0 Å². The van der Waals surface area contributed by atoms with Crippen molar-refractivity contribution in [2.75, 3.05) is 40.4 Å². The molecule has 7 nitrogen and oxygen atoms in total. The minimum absolute atomic E-state index is 0. The number of aliphatic hydroxyl groups is 1. The Kier molecular flexibility index (Phi) is 10.6. The fourth-order valence-electron chi connectivity index (χ4n) is 4.42. The van der Waals surface area contributed by atoms with Crippen molar-refractivity contribution in [3.63, 3.8) is 0 Å². The highest BCUT2D eigenvalue weighted by atomic mass is 127. The van der Waals surface area contributed by atoms with E-state index in [0.29, 0.717) is 12.6 Å². The van der Waals surface area contributed by atoms with Gasteiger partial charge in [-0.25, -0.2) is 0 Å². The molecule has 1 aliphatic carbocycles. The molecule has 31 heavy (non-hydrogen) atoms. The molecule has 2 aliphatic rings. The third kappa shape index (κ3) is 7.98. The van der Waals surface area contributed by atoms with Gasteiger partial charge < -0.3 is 25.2 Å². The van der Waals surface area contributed by atoms with Gasteiger partial charge in [0.15, 0.2) is 5.96 Å². The second-order valence-electron chi connectivity index (χ2n) is 8.57. The van der Waals surface area contributed by atoms with Crippen LogP contribution in [0.15, 0.2) is 23.2 Å². The minimum atomic E-state index is -0.631. The lowest BCUT2D eigenvalue weighted by atomic mass is 9.85. The Morgan fingerprint density at radius 3 is 2.45 bits per heavy atom. The molecule has 1 aromatic carbocycles. The number of halogens is 1. The number of ether oxygens (including phenoxy) is 2. The quantitative estimate of drug-likeness (QED) is 0.264. The topological polar surface area (TPSA) is 78.4 Å². The molecule has 0 aromatic heterocycles. The maximum Gasteiger partial charge on any atom is 0.191 e. The molecule has 1 atom stereocenters. The summed E-state index contributed by atoms with van der Waals surface area (Å²) in [6.45, 7) is 6.20. The third-order valence-electron chi connectivity index (χ3n) is 6.09. The van der Waals surface area contributed by atoms with E-state index in [1.54, 1.807) is 14.2 Å². The van der Waals surface area contributed by atoms with E-state index in [1.807, 2.05) is 6.07 Å². The second-order valence-corrected chi connectivity index (χ2v) is 8.57. The summed E-state index contributed by atoms with van der Waals surface area (Å²) in [5.74, 6) is 2.45. The molecule has 1 saturated heterocycles. The number of hydrogen-bond donors (Lipinski definition) is 3. The van der Waals surface area contributed by atoms with Crippen LogP contribution in [-0.2, 0) is 6.54 Å². The Balaban J connectivity index is 0.00000341. The van der Waals surface area contributed by atoms with Crippen molar-refractivity contribution < 1.29 is 14.6 Å². The molecule has 1 heterocycles. The summed E-state index contributed by atoms with van der Waals surface area (Å²) in [5.41, 5.74) is 0.556. The van der Waals surface area contributed by atoms with Crippen LogP contribution in [0, 0.1) is 0 Å². The van der Waals surface area contributed by atoms with E-state index in [1.165, 1.54) is 12.0 Å². The smallest absolute Gasteiger partial charge is 0.191 e. The van der Waals surface area contributed by atoms with Crippen LogP contribution in [0.2, 0.25) is 0 Å². The van der Waals surface area contributed by atoms with Gasteiger partial charge in [0, 0.05) is 38.3 Å². The van der Waals surface area contributed by atoms with E-state index < -0.39 is 5.60 Å². The molecule has 1 unspecified atom stereocenters. The van der Waals surface area contributed by atoms with E-state index in [4.69, 9.17) is 14.5 Å². The van der Waals surface area contributed by atoms with Gasteiger partial charge in [0.05, 0.1) is 26.4 Å². The number of nitrogens with zero attached hydrogens (tertiary/aromatic N) is 2. The second kappa shape index (κ2) is 12.7. The van der Waals surface area contributed by atoms with Gasteiger partial charge in [-0.1, -0.05) is 19.3 Å². The number of guanidine groups is 1. The minimum Gasteiger partial charge on any atom is -0.497 e. The average Bonchev–Trinajstić information content (AvgIpc) is 3.19. The lowest BCUT2D eigenvalue weighted by Crippen LogP contribution is -2.46. The SMILES string of the molecule is CCNC(=NCC1(O)CCCCC1)NC1CCN(Cc2cc(OC)cc(OC)c2)C1.I. The first kappa shape index (κ1) is 26.0. The Morgan fingerprint density at radius 1 is 1.16 bits per heavy atom. The number of methoxy groups -OCH3 is 2. The van der Waals surface area contributed by atoms with Crippen molar-refractivity contribution in [1.82, 2.24) is 15.5 Å². The summed E-state index contributed by atoms with van der Waals surface area (Å²) in [7, 11) is 3.36. The van der Waals surface area contributed by atoms with Gasteiger partial charge >= 0.3 is 0 Å². The first-order valence-electron chi connectivity index (χ1n) is 11.2. The molecule has 176 valence electrons. The zero-order valence-corrected chi connectivity index (χ0v) is 21.5. The molecule has 3 N–H and O–H groups in total. The fourth-order valence-corrected chi connectivity index (χ4v) is 4.42. The summed E-state index contributed by atoms with van der Waals surface area (Å²) >= 11 is 0. The van der Waals surface area contributed by atoms with Gasteiger partial charge in [0.2, 0.25) is 0 Å². The molecule has 0 amide bonds. The van der Waals surface area contributed by atoms with Crippen molar-refractivity contribution in [2.45, 2.75) is 63.6 Å². The number of hydrogen-bond acceptors (Lipinski definition) is 5. The number of aliphatic imine (C=N–C) groups is 1. The van der Waals surface area contributed by atoms with Crippen LogP contribution >= 0.6 is 24.0 Å². The summed E-state index contributed by atoms with van der Waals surface area (Å²) < 4.78 is 10.8. The maximum absolute atomic E-state index is 10.7. The molecule has 0 bridgehead atoms. The van der Waals surface area contributed by atoms with E-state index in [2.05, 4.69) is 34.6 Å². The van der Waals surface area contributed by atoms with Gasteiger partial charge in [0.25, 0.3) is 0 Å². The van der Waals surface area contributed by atoms with Crippen LogP contribution in [0.1, 0.15) is 51.0 Å². The largest absolute Gasteiger partial charge is 0.497 e. The standard InChI is InChI=1S/C23H38N4O3.HI/c1-4-24-22(25-17-23(28)9-6-5-7-10-23)26-19-8-11-27(16-19)15-18-12-20(29-2)14-21(13-18)30-3;/h12-14,19,28H,4-11,15-17H2,1-3H3,(H2,24,25,26);1H. The molecule has 3 rings (SSSR count). The predicted octanol–water partition coefficient (Wildman–Crippen LogP) is 3.15. The van der Waals surface area contributed by atoms with Crippen LogP contribution in [0.4, 0.5) is 0 Å². The van der Waals surface area contributed by atoms with E-state index in [-0.39, 0.29) is 24.0 Å². The van der Waals surface area contributed by atoms with Crippen molar-refractivity contribution in [3.05, 3.63) is 23.8 Å². The highest BCUT2D eigenvalue weighted by Gasteiger charge is 2.29. The van der Waals surface area contributed by atoms with Crippen molar-refractivity contribution in [3.8, 4) is 11.5 Å². The number of nitrogens with one attached hydrogen (secondary N) is 2. The normalized spacial score (nSPS) is 21.3. The Morgan fingerprint density at radius 2 is 1.84 bits per heavy atom. The summed E-state index contributed by atoms with van der Waals surface area (Å²) in [6.07, 6.45) is 6.21. The van der Waals surface area contributed by atoms with E-state index in [0.717, 1.165) is 75.7 Å². The van der Waals surface area contributed by atoms with Crippen molar-refractivity contribution in [2.24, 2.45) is 4.99 Å². The average molecular weight is 546 g/mol. The lowest BCUT2D eigenvalue weighted by molar-refractivity contribution is 0.0131. The molecule has 0 radical (unpaired) electrons. The van der Waals surface area contributed by atoms with Crippen LogP contribution in [0.3, 0.4) is 0 Å². The molecule has 0 spiro atoms. The van der Waals surface area contributed by atoms with Crippen LogP contribution < -0.4 is 20.1 Å². The van der Waals surface area contributed by atoms with Crippen LogP contribution in [0.25, 0.3) is 0 Å². The Labute approximate surface area is 204 Å². The van der Waals surface area contributed by atoms with Crippen LogP contribution in [0.5, 0.6) is 11.5 Å². The summed E-state index contributed by atoms with van der Waals surface area (Å²) in [6, 6.07) is 6.38. The van der Waals surface area contributed by atoms with Crippen molar-refractivity contribution >= 4 is 29.9 Å². The van der Waals surface area contributed by atoms with Gasteiger partial charge in [-0.05, 0) is 43.9 Å². The molecule has 1 aliphatic heterocycles. The van der Waals surface area contributed by atoms with Crippen molar-refractivity contribution in [1.29, 1.82) is 0 Å². The van der Waals surface area contributed by atoms with Gasteiger partial charge in [0.1, 0.15) is 11.5 Å². The first-order chi connectivity index (χ1) is 14.5. The maximum atomic E-state index is 10.7. The summed E-state index contributed by atoms with van der Waals surface area (Å²) in [4.78, 5) is 7.15. The summed E-state index contributed by atoms with van der Waals surface area (Å²) in [5, 5.41) is 17.7. The van der Waals surface area contributed by atoms with Gasteiger partial charge in [-0.15, -0.1) is 24.0 Å². The van der Waals surface area contributed by atoms with Crippen LogP contribution in [-0.4, -0.2) is 68.0 Å². The fraction of sp³-hybridized carbons (Fsp3) is 0.696. The van der Waals surface area contributed by atoms with E-state index in [9.17, 15) is 5.11 Å². The molecule has 8 heteroatoms. The highest BCUT2D eigenvalue weighted by Crippen LogP contribution is 2.28. The van der Waals surface area contributed by atoms with Gasteiger partial charge in [-0.3, -0.25) is 9.89 Å². The Bertz CT molecular complexity index is 688. The highest BCUT2D eigenvalue weighted by molar-refractivity contribution is 14.0. The zero-order valence-electron chi connectivity index (χ0n) is 19.2. The molecule has 2 fully saturated rings. The zero-order chi connectivity index (χ0) is 21.4. The predicted molar refractivity (Wildman–Crippen MR) is 136 cm³/mol. The molecule has 1 aromatic rings. The van der Waals surface area contributed by atoms with E-state index >= 15 is 0 Å². The lowest BCUT2D eigenvalue weighted by Gasteiger charge is -2.30. The third-order valence-corrected chi connectivity index (χ3v) is 6.09. The molecular formula is C23H39IN4O3. The number of rotatable bonds is 8. The number of benzene rings is 1. The monoisotopic (exact) mass is 546 g/mol. The molecule has 1 saturated carbocycles. The number of likely N-dealkylation sites (tertiary alicyclic amines) is 1. The Hall–Kier alpha value is -1.26. The molecular weight excluding hydrogens is 507 g/mol. The first-order valence-corrected chi connectivity index (χ1v) is 11.2.